The van der Waals surface area contributed by atoms with E-state index in [2.05, 4.69) is 5.32 Å². The van der Waals surface area contributed by atoms with Crippen LogP contribution in [0.5, 0.6) is 0 Å². The summed E-state index contributed by atoms with van der Waals surface area (Å²) in [5, 5.41) is 2.66. The van der Waals surface area contributed by atoms with E-state index in [-0.39, 0.29) is 25.3 Å². The smallest absolute Gasteiger partial charge is 0.248 e. The van der Waals surface area contributed by atoms with E-state index in [0.717, 1.165) is 10.6 Å². The summed E-state index contributed by atoms with van der Waals surface area (Å²) in [4.78, 5) is 23.0. The van der Waals surface area contributed by atoms with Crippen molar-refractivity contribution in [2.45, 2.75) is 12.8 Å². The van der Waals surface area contributed by atoms with Crippen molar-refractivity contribution in [3.8, 4) is 0 Å². The molecule has 2 aromatic rings. The minimum Gasteiger partial charge on any atom is -0.366 e. The van der Waals surface area contributed by atoms with Gasteiger partial charge in [-0.1, -0.05) is 0 Å². The summed E-state index contributed by atoms with van der Waals surface area (Å²) >= 11 is 0. The average Bonchev–Trinajstić information content (AvgIpc) is 2.59. The van der Waals surface area contributed by atoms with Gasteiger partial charge in [0.05, 0.1) is 11.9 Å². The third-order valence-corrected chi connectivity index (χ3v) is 4.93. The third-order valence-electron chi connectivity index (χ3n) is 3.73. The van der Waals surface area contributed by atoms with Crippen molar-refractivity contribution >= 4 is 33.2 Å². The molecule has 0 heterocycles. The second-order valence-electron chi connectivity index (χ2n) is 5.90. The Morgan fingerprint density at radius 1 is 1.07 bits per heavy atom. The van der Waals surface area contributed by atoms with Crippen LogP contribution in [0.3, 0.4) is 0 Å². The maximum atomic E-state index is 13.0. The van der Waals surface area contributed by atoms with Crippen LogP contribution < -0.4 is 15.4 Å². The van der Waals surface area contributed by atoms with E-state index in [1.807, 2.05) is 0 Å². The highest BCUT2D eigenvalue weighted by Gasteiger charge is 2.17. The van der Waals surface area contributed by atoms with Crippen LogP contribution in [0.15, 0.2) is 48.5 Å². The summed E-state index contributed by atoms with van der Waals surface area (Å²) in [5.41, 5.74) is 6.32. The van der Waals surface area contributed by atoms with Crippen molar-refractivity contribution in [2.75, 3.05) is 22.4 Å². The van der Waals surface area contributed by atoms with Crippen LogP contribution >= 0.6 is 0 Å². The number of benzene rings is 2. The number of hydrogen-bond donors (Lipinski definition) is 2. The minimum atomic E-state index is -3.57. The first-order chi connectivity index (χ1) is 12.7. The lowest BCUT2D eigenvalue weighted by atomic mass is 10.2. The number of carbonyl (C=O) groups excluding carboxylic acids is 2. The number of primary amides is 1. The Kier molecular flexibility index (Phi) is 6.51. The molecule has 0 fully saturated rings. The fraction of sp³-hybridized carbons (Fsp3) is 0.222. The summed E-state index contributed by atoms with van der Waals surface area (Å²) in [6, 6.07) is 11.2. The predicted molar refractivity (Wildman–Crippen MR) is 101 cm³/mol. The number of nitrogens with two attached hydrogens (primary N) is 1. The van der Waals surface area contributed by atoms with Gasteiger partial charge >= 0.3 is 0 Å². The van der Waals surface area contributed by atoms with Crippen LogP contribution in [-0.2, 0) is 14.8 Å². The van der Waals surface area contributed by atoms with Gasteiger partial charge < -0.3 is 11.1 Å². The zero-order chi connectivity index (χ0) is 20.0. The Hall–Kier alpha value is -2.94. The molecule has 0 aliphatic carbocycles. The maximum Gasteiger partial charge on any atom is 0.248 e. The summed E-state index contributed by atoms with van der Waals surface area (Å²) in [5.74, 6) is -1.32. The van der Waals surface area contributed by atoms with Crippen LogP contribution in [0.25, 0.3) is 0 Å². The molecule has 0 atom stereocenters. The van der Waals surface area contributed by atoms with Gasteiger partial charge in [-0.3, -0.25) is 13.9 Å². The molecule has 3 N–H and O–H groups in total. The molecule has 0 aliphatic rings. The second-order valence-corrected chi connectivity index (χ2v) is 7.81. The second kappa shape index (κ2) is 8.63. The summed E-state index contributed by atoms with van der Waals surface area (Å²) in [6.45, 7) is 0.0818. The molecule has 9 heteroatoms. The molecule has 0 aliphatic heterocycles. The zero-order valence-electron chi connectivity index (χ0n) is 14.7. The standard InChI is InChI=1S/C18H20FN3O4S/c1-27(25,26)22(16-10-6-14(19)7-11-16)12-2-3-17(23)21-15-8-4-13(5-9-15)18(20)24/h4-11H,2-3,12H2,1H3,(H2,20,24)(H,21,23). The van der Waals surface area contributed by atoms with Gasteiger partial charge in [0.25, 0.3) is 0 Å². The number of hydrogen-bond acceptors (Lipinski definition) is 4. The Morgan fingerprint density at radius 2 is 1.67 bits per heavy atom. The van der Waals surface area contributed by atoms with Gasteiger partial charge in [-0.15, -0.1) is 0 Å². The van der Waals surface area contributed by atoms with Crippen LogP contribution in [0.2, 0.25) is 0 Å². The molecule has 0 unspecified atom stereocenters. The molecule has 2 rings (SSSR count). The third kappa shape index (κ3) is 6.07. The van der Waals surface area contributed by atoms with Crippen molar-refractivity contribution in [1.29, 1.82) is 0 Å². The lowest BCUT2D eigenvalue weighted by Crippen LogP contribution is -2.31. The topological polar surface area (TPSA) is 110 Å². The van der Waals surface area contributed by atoms with Gasteiger partial charge in [0, 0.05) is 24.2 Å². The first-order valence-electron chi connectivity index (χ1n) is 8.10. The minimum absolute atomic E-state index is 0.0818. The average molecular weight is 393 g/mol. The molecule has 2 aromatic carbocycles. The van der Waals surface area contributed by atoms with Crippen LogP contribution in [-0.4, -0.2) is 33.0 Å². The van der Waals surface area contributed by atoms with Crippen molar-refractivity contribution in [3.05, 3.63) is 59.9 Å². The quantitative estimate of drug-likeness (QED) is 0.716. The van der Waals surface area contributed by atoms with Gasteiger partial charge in [0.2, 0.25) is 21.8 Å². The van der Waals surface area contributed by atoms with Crippen molar-refractivity contribution < 1.29 is 22.4 Å². The molecular weight excluding hydrogens is 373 g/mol. The molecule has 0 saturated carbocycles. The first-order valence-corrected chi connectivity index (χ1v) is 9.94. The fourth-order valence-corrected chi connectivity index (χ4v) is 3.38. The SMILES string of the molecule is CS(=O)(=O)N(CCCC(=O)Nc1ccc(C(N)=O)cc1)c1ccc(F)cc1. The van der Waals surface area contributed by atoms with Gasteiger partial charge in [-0.25, -0.2) is 12.8 Å². The highest BCUT2D eigenvalue weighted by Crippen LogP contribution is 2.19. The molecule has 27 heavy (non-hydrogen) atoms. The normalized spacial score (nSPS) is 11.0. The monoisotopic (exact) mass is 393 g/mol. The molecule has 0 bridgehead atoms. The van der Waals surface area contributed by atoms with Gasteiger partial charge in [-0.2, -0.15) is 0 Å². The Morgan fingerprint density at radius 3 is 2.19 bits per heavy atom. The van der Waals surface area contributed by atoms with E-state index in [4.69, 9.17) is 5.73 Å². The highest BCUT2D eigenvalue weighted by atomic mass is 32.2. The Bertz CT molecular complexity index is 913. The van der Waals surface area contributed by atoms with E-state index >= 15 is 0 Å². The van der Waals surface area contributed by atoms with Crippen LogP contribution in [0.4, 0.5) is 15.8 Å². The highest BCUT2D eigenvalue weighted by molar-refractivity contribution is 7.92. The number of rotatable bonds is 8. The molecule has 0 aromatic heterocycles. The van der Waals surface area contributed by atoms with Crippen LogP contribution in [0.1, 0.15) is 23.2 Å². The first kappa shape index (κ1) is 20.4. The molecular formula is C18H20FN3O4S. The number of anilines is 2. The summed E-state index contributed by atoms with van der Waals surface area (Å²) < 4.78 is 38.1. The number of halogens is 1. The number of carbonyl (C=O) groups is 2. The van der Waals surface area contributed by atoms with Crippen molar-refractivity contribution in [2.24, 2.45) is 5.73 Å². The van der Waals surface area contributed by atoms with E-state index in [9.17, 15) is 22.4 Å². The van der Waals surface area contributed by atoms with Crippen molar-refractivity contribution in [1.82, 2.24) is 0 Å². The van der Waals surface area contributed by atoms with Crippen molar-refractivity contribution in [3.63, 3.8) is 0 Å². The van der Waals surface area contributed by atoms with Gasteiger partial charge in [-0.05, 0) is 55.0 Å². The van der Waals surface area contributed by atoms with E-state index in [1.54, 1.807) is 12.1 Å². The number of amides is 2. The summed E-state index contributed by atoms with van der Waals surface area (Å²) in [6.07, 6.45) is 1.41. The van der Waals surface area contributed by atoms with E-state index in [1.165, 1.54) is 36.4 Å². The lowest BCUT2D eigenvalue weighted by molar-refractivity contribution is -0.116. The largest absolute Gasteiger partial charge is 0.366 e. The molecule has 2 amide bonds. The number of nitrogens with one attached hydrogen (secondary N) is 1. The molecule has 144 valence electrons. The number of nitrogens with zero attached hydrogens (tertiary/aromatic N) is 1. The lowest BCUT2D eigenvalue weighted by Gasteiger charge is -2.22. The van der Waals surface area contributed by atoms with E-state index < -0.39 is 21.7 Å². The Labute approximate surface area is 157 Å². The zero-order valence-corrected chi connectivity index (χ0v) is 15.5. The van der Waals surface area contributed by atoms with Gasteiger partial charge in [0.1, 0.15) is 5.82 Å². The van der Waals surface area contributed by atoms with E-state index in [0.29, 0.717) is 16.9 Å². The Balaban J connectivity index is 1.93. The number of sulfonamides is 1. The maximum absolute atomic E-state index is 13.0. The molecule has 0 saturated heterocycles. The summed E-state index contributed by atoms with van der Waals surface area (Å²) in [7, 11) is -3.57. The van der Waals surface area contributed by atoms with Gasteiger partial charge in [0.15, 0.2) is 0 Å². The fourth-order valence-electron chi connectivity index (χ4n) is 2.42. The molecule has 0 radical (unpaired) electrons. The molecule has 7 nitrogen and oxygen atoms in total. The van der Waals surface area contributed by atoms with Crippen LogP contribution in [0, 0.1) is 5.82 Å². The predicted octanol–water partition coefficient (Wildman–Crippen LogP) is 2.11. The molecule has 0 spiro atoms.